The summed E-state index contributed by atoms with van der Waals surface area (Å²) < 4.78 is 1.09. The Kier molecular flexibility index (Phi) is 3.25. The molecule has 0 bridgehead atoms. The Labute approximate surface area is 109 Å². The number of ketones is 1. The third kappa shape index (κ3) is 2.16. The van der Waals surface area contributed by atoms with E-state index >= 15 is 0 Å². The van der Waals surface area contributed by atoms with Crippen molar-refractivity contribution in [1.29, 1.82) is 5.26 Å². The molecule has 19 heavy (non-hydrogen) atoms. The van der Waals surface area contributed by atoms with E-state index in [1.54, 1.807) is 37.3 Å². The number of hydrogen-bond acceptors (Lipinski definition) is 4. The Morgan fingerprint density at radius 3 is 2.47 bits per heavy atom. The van der Waals surface area contributed by atoms with Gasteiger partial charge in [-0.2, -0.15) is 15.0 Å². The molecule has 5 nitrogen and oxygen atoms in total. The first kappa shape index (κ1) is 12.7. The van der Waals surface area contributed by atoms with Gasteiger partial charge in [-0.25, -0.2) is 0 Å². The molecule has 0 unspecified atom stereocenters. The zero-order valence-corrected chi connectivity index (χ0v) is 10.5. The second kappa shape index (κ2) is 4.86. The summed E-state index contributed by atoms with van der Waals surface area (Å²) >= 11 is 0. The molecule has 0 aliphatic rings. The van der Waals surface area contributed by atoms with Crippen molar-refractivity contribution in [1.82, 2.24) is 9.78 Å². The number of rotatable bonds is 2. The first-order chi connectivity index (χ1) is 9.06. The van der Waals surface area contributed by atoms with Gasteiger partial charge in [0, 0.05) is 12.5 Å². The van der Waals surface area contributed by atoms with Crippen LogP contribution < -0.4 is 5.56 Å². The molecule has 0 saturated heterocycles. The number of Topliss-reactive ketones (excluding diaryl/α,β-unsaturated/α-hetero) is 1. The summed E-state index contributed by atoms with van der Waals surface area (Å²) in [6, 6.07) is 10.5. The van der Waals surface area contributed by atoms with Crippen LogP contribution in [0.1, 0.15) is 28.5 Å². The molecule has 1 aromatic carbocycles. The Bertz CT molecular complexity index is 740. The lowest BCUT2D eigenvalue weighted by atomic mass is 10.1. The number of benzene rings is 1. The molecule has 0 saturated carbocycles. The number of aromatic nitrogens is 2. The van der Waals surface area contributed by atoms with Crippen molar-refractivity contribution in [2.75, 3.05) is 0 Å². The zero-order valence-electron chi connectivity index (χ0n) is 10.5. The lowest BCUT2D eigenvalue weighted by Crippen LogP contribution is -2.27. The third-order valence-corrected chi connectivity index (χ3v) is 2.78. The minimum Gasteiger partial charge on any atom is -0.293 e. The number of nitriles is 1. The molecule has 0 amide bonds. The van der Waals surface area contributed by atoms with E-state index in [1.165, 1.54) is 6.92 Å². The van der Waals surface area contributed by atoms with Gasteiger partial charge in [-0.05, 0) is 19.1 Å². The van der Waals surface area contributed by atoms with Crippen LogP contribution in [0.15, 0.2) is 35.1 Å². The summed E-state index contributed by atoms with van der Waals surface area (Å²) in [7, 11) is 0. The van der Waals surface area contributed by atoms with Crippen LogP contribution in [0.25, 0.3) is 5.69 Å². The maximum Gasteiger partial charge on any atom is 0.289 e. The number of carbonyl (C=O) groups is 1. The maximum atomic E-state index is 12.2. The molecule has 5 heteroatoms. The van der Waals surface area contributed by atoms with Crippen LogP contribution in [0.4, 0.5) is 0 Å². The molecule has 0 atom stereocenters. The monoisotopic (exact) mass is 253 g/mol. The highest BCUT2D eigenvalue weighted by atomic mass is 16.1. The van der Waals surface area contributed by atoms with Crippen LogP contribution in [0.5, 0.6) is 0 Å². The molecule has 0 fully saturated rings. The Balaban J connectivity index is 2.84. The first-order valence-electron chi connectivity index (χ1n) is 5.66. The van der Waals surface area contributed by atoms with Crippen LogP contribution in [-0.2, 0) is 0 Å². The third-order valence-electron chi connectivity index (χ3n) is 2.78. The SMILES string of the molecule is CC(=O)c1nn(-c2ccccc2)c(=O)c(C#N)c1C. The van der Waals surface area contributed by atoms with Gasteiger partial charge in [0.1, 0.15) is 17.3 Å². The summed E-state index contributed by atoms with van der Waals surface area (Å²) in [6.45, 7) is 2.91. The van der Waals surface area contributed by atoms with E-state index in [9.17, 15) is 9.59 Å². The van der Waals surface area contributed by atoms with Crippen molar-refractivity contribution in [3.63, 3.8) is 0 Å². The number of carbonyl (C=O) groups excluding carboxylic acids is 1. The fourth-order valence-electron chi connectivity index (χ4n) is 1.82. The van der Waals surface area contributed by atoms with Gasteiger partial charge >= 0.3 is 0 Å². The number of para-hydroxylation sites is 1. The average Bonchev–Trinajstić information content (AvgIpc) is 2.40. The summed E-state index contributed by atoms with van der Waals surface area (Å²) in [6.07, 6.45) is 0. The van der Waals surface area contributed by atoms with Crippen LogP contribution in [0.2, 0.25) is 0 Å². The standard InChI is InChI=1S/C14H11N3O2/c1-9-12(8-15)14(19)17(16-13(9)10(2)18)11-6-4-3-5-7-11/h3-7H,1-2H3. The molecule has 2 rings (SSSR count). The van der Waals surface area contributed by atoms with E-state index in [4.69, 9.17) is 5.26 Å². The molecular formula is C14H11N3O2. The number of nitrogens with zero attached hydrogens (tertiary/aromatic N) is 3. The first-order valence-corrected chi connectivity index (χ1v) is 5.66. The maximum absolute atomic E-state index is 12.2. The summed E-state index contributed by atoms with van der Waals surface area (Å²) in [5.74, 6) is -0.279. The molecule has 0 spiro atoms. The summed E-state index contributed by atoms with van der Waals surface area (Å²) in [5.41, 5.74) is 0.416. The van der Waals surface area contributed by atoms with Gasteiger partial charge in [0.25, 0.3) is 5.56 Å². The second-order valence-electron chi connectivity index (χ2n) is 4.07. The summed E-state index contributed by atoms with van der Waals surface area (Å²) in [5, 5.41) is 13.1. The van der Waals surface area contributed by atoms with E-state index in [1.807, 2.05) is 6.07 Å². The van der Waals surface area contributed by atoms with Crippen molar-refractivity contribution >= 4 is 5.78 Å². The lowest BCUT2D eigenvalue weighted by Gasteiger charge is -2.09. The van der Waals surface area contributed by atoms with E-state index in [2.05, 4.69) is 5.10 Å². The minimum absolute atomic E-state index is 0.0518. The largest absolute Gasteiger partial charge is 0.293 e. The average molecular weight is 253 g/mol. The highest BCUT2D eigenvalue weighted by molar-refractivity contribution is 5.93. The molecule has 0 N–H and O–H groups in total. The van der Waals surface area contributed by atoms with Gasteiger partial charge < -0.3 is 0 Å². The van der Waals surface area contributed by atoms with Crippen LogP contribution in [0.3, 0.4) is 0 Å². The van der Waals surface area contributed by atoms with Crippen molar-refractivity contribution in [2.24, 2.45) is 0 Å². The Morgan fingerprint density at radius 2 is 1.95 bits per heavy atom. The molecule has 0 radical (unpaired) electrons. The van der Waals surface area contributed by atoms with Gasteiger partial charge in [0.2, 0.25) is 0 Å². The molecule has 2 aromatic rings. The van der Waals surface area contributed by atoms with E-state index in [0.717, 1.165) is 4.68 Å². The van der Waals surface area contributed by atoms with Gasteiger partial charge in [0.05, 0.1) is 5.69 Å². The smallest absolute Gasteiger partial charge is 0.289 e. The van der Waals surface area contributed by atoms with Crippen molar-refractivity contribution in [3.8, 4) is 11.8 Å². The van der Waals surface area contributed by atoms with Gasteiger partial charge in [-0.1, -0.05) is 18.2 Å². The molecular weight excluding hydrogens is 242 g/mol. The van der Waals surface area contributed by atoms with Crippen LogP contribution in [0, 0.1) is 18.3 Å². The lowest BCUT2D eigenvalue weighted by molar-refractivity contribution is 0.101. The molecule has 1 aromatic heterocycles. The van der Waals surface area contributed by atoms with Gasteiger partial charge in [0.15, 0.2) is 5.78 Å². The highest BCUT2D eigenvalue weighted by Crippen LogP contribution is 2.10. The summed E-state index contributed by atoms with van der Waals surface area (Å²) in [4.78, 5) is 23.7. The second-order valence-corrected chi connectivity index (χ2v) is 4.07. The fraction of sp³-hybridized carbons (Fsp3) is 0.143. The number of hydrogen-bond donors (Lipinski definition) is 0. The van der Waals surface area contributed by atoms with E-state index in [0.29, 0.717) is 11.3 Å². The van der Waals surface area contributed by atoms with Crippen LogP contribution >= 0.6 is 0 Å². The quantitative estimate of drug-likeness (QED) is 0.762. The van der Waals surface area contributed by atoms with Gasteiger partial charge in [-0.15, -0.1) is 0 Å². The predicted octanol–water partition coefficient (Wildman–Crippen LogP) is 1.62. The Hall–Kier alpha value is -2.74. The fourth-order valence-corrected chi connectivity index (χ4v) is 1.82. The van der Waals surface area contributed by atoms with Gasteiger partial charge in [-0.3, -0.25) is 9.59 Å². The minimum atomic E-state index is -0.517. The topological polar surface area (TPSA) is 75.8 Å². The predicted molar refractivity (Wildman–Crippen MR) is 69.3 cm³/mol. The molecule has 1 heterocycles. The van der Waals surface area contributed by atoms with E-state index < -0.39 is 5.56 Å². The van der Waals surface area contributed by atoms with Crippen molar-refractivity contribution in [3.05, 3.63) is 57.5 Å². The zero-order chi connectivity index (χ0) is 14.0. The van der Waals surface area contributed by atoms with Crippen molar-refractivity contribution < 1.29 is 4.79 Å². The van der Waals surface area contributed by atoms with Crippen molar-refractivity contribution in [2.45, 2.75) is 13.8 Å². The Morgan fingerprint density at radius 1 is 1.32 bits per heavy atom. The molecule has 0 aliphatic carbocycles. The molecule has 94 valence electrons. The normalized spacial score (nSPS) is 9.95. The van der Waals surface area contributed by atoms with E-state index in [-0.39, 0.29) is 17.0 Å². The highest BCUT2D eigenvalue weighted by Gasteiger charge is 2.17. The van der Waals surface area contributed by atoms with Crippen LogP contribution in [-0.4, -0.2) is 15.6 Å². The molecule has 0 aliphatic heterocycles.